The van der Waals surface area contributed by atoms with E-state index in [1.54, 1.807) is 0 Å². The number of fused-ring (bicyclic) bond motifs is 5. The lowest BCUT2D eigenvalue weighted by Gasteiger charge is -2.57. The molecule has 0 aromatic carbocycles. The second-order valence-corrected chi connectivity index (χ2v) is 12.2. The molecule has 5 fully saturated rings. The number of Topliss-reactive ketones (excluding diaryl/α,β-unsaturated/α-hetero) is 1. The highest BCUT2D eigenvalue weighted by molar-refractivity contribution is 5.84. The van der Waals surface area contributed by atoms with Gasteiger partial charge >= 0.3 is 0 Å². The monoisotopic (exact) mass is 401 g/mol. The van der Waals surface area contributed by atoms with Gasteiger partial charge in [-0.15, -0.1) is 0 Å². The van der Waals surface area contributed by atoms with Gasteiger partial charge in [0.2, 0.25) is 0 Å². The molecule has 3 nitrogen and oxygen atoms in total. The molecule has 0 bridgehead atoms. The van der Waals surface area contributed by atoms with Crippen LogP contribution in [0.5, 0.6) is 0 Å². The Morgan fingerprint density at radius 2 is 1.66 bits per heavy atom. The van der Waals surface area contributed by atoms with Crippen molar-refractivity contribution in [2.75, 3.05) is 19.6 Å². The van der Waals surface area contributed by atoms with Gasteiger partial charge in [-0.1, -0.05) is 13.3 Å². The summed E-state index contributed by atoms with van der Waals surface area (Å²) in [6.07, 6.45) is 14.9. The predicted molar refractivity (Wildman–Crippen MR) is 117 cm³/mol. The molecule has 1 heterocycles. The van der Waals surface area contributed by atoms with Crippen molar-refractivity contribution in [2.45, 2.75) is 96.5 Å². The van der Waals surface area contributed by atoms with Crippen LogP contribution in [0.2, 0.25) is 0 Å². The van der Waals surface area contributed by atoms with Crippen molar-refractivity contribution in [3.05, 3.63) is 0 Å². The number of piperidine rings is 1. The Labute approximate surface area is 178 Å². The van der Waals surface area contributed by atoms with Crippen LogP contribution in [-0.2, 0) is 4.79 Å². The molecule has 0 radical (unpaired) electrons. The van der Waals surface area contributed by atoms with E-state index in [2.05, 4.69) is 18.7 Å². The topological polar surface area (TPSA) is 40.5 Å². The number of hydrogen-bond donors (Lipinski definition) is 1. The maximum atomic E-state index is 13.4. The van der Waals surface area contributed by atoms with Crippen molar-refractivity contribution >= 4 is 5.78 Å². The average Bonchev–Trinajstić information content (AvgIpc) is 3.05. The van der Waals surface area contributed by atoms with Crippen LogP contribution >= 0.6 is 0 Å². The van der Waals surface area contributed by atoms with Crippen LogP contribution in [0.3, 0.4) is 0 Å². The molecule has 1 saturated heterocycles. The predicted octanol–water partition coefficient (Wildman–Crippen LogP) is 5.06. The first-order chi connectivity index (χ1) is 13.9. The summed E-state index contributed by atoms with van der Waals surface area (Å²) in [4.78, 5) is 15.8. The van der Waals surface area contributed by atoms with E-state index in [0.29, 0.717) is 11.7 Å². The molecule has 4 aliphatic carbocycles. The Bertz CT molecular complexity index is 624. The smallest absolute Gasteiger partial charge is 0.150 e. The van der Waals surface area contributed by atoms with Crippen LogP contribution < -0.4 is 0 Å². The van der Waals surface area contributed by atoms with Crippen LogP contribution in [0.25, 0.3) is 0 Å². The molecule has 0 aromatic heterocycles. The first kappa shape index (κ1) is 20.5. The fraction of sp³-hybridized carbons (Fsp3) is 0.962. The van der Waals surface area contributed by atoms with Gasteiger partial charge in [0.15, 0.2) is 0 Å². The summed E-state index contributed by atoms with van der Waals surface area (Å²) in [5, 5.41) is 10.6. The van der Waals surface area contributed by atoms with Crippen molar-refractivity contribution < 1.29 is 9.90 Å². The highest BCUT2D eigenvalue weighted by Crippen LogP contribution is 2.64. The maximum absolute atomic E-state index is 13.4. The molecule has 4 saturated carbocycles. The van der Waals surface area contributed by atoms with E-state index < -0.39 is 5.60 Å². The Morgan fingerprint density at radius 1 is 0.897 bits per heavy atom. The lowest BCUT2D eigenvalue weighted by Crippen LogP contribution is -2.51. The molecule has 29 heavy (non-hydrogen) atoms. The number of likely N-dealkylation sites (tertiary alicyclic amines) is 1. The van der Waals surface area contributed by atoms with E-state index in [0.717, 1.165) is 68.5 Å². The van der Waals surface area contributed by atoms with Crippen LogP contribution in [0.1, 0.15) is 90.9 Å². The molecule has 1 aliphatic heterocycles. The number of hydrogen-bond acceptors (Lipinski definition) is 3. The lowest BCUT2D eigenvalue weighted by molar-refractivity contribution is -0.133. The van der Waals surface area contributed by atoms with Crippen LogP contribution in [0.15, 0.2) is 0 Å². The summed E-state index contributed by atoms with van der Waals surface area (Å²) < 4.78 is 0. The summed E-state index contributed by atoms with van der Waals surface area (Å²) in [6.45, 7) is 7.55. The van der Waals surface area contributed by atoms with Crippen LogP contribution in [0, 0.1) is 40.9 Å². The Morgan fingerprint density at radius 3 is 2.45 bits per heavy atom. The van der Waals surface area contributed by atoms with Crippen molar-refractivity contribution in [2.24, 2.45) is 40.9 Å². The van der Waals surface area contributed by atoms with Gasteiger partial charge in [-0.25, -0.2) is 0 Å². The zero-order valence-electron chi connectivity index (χ0n) is 18.9. The molecule has 164 valence electrons. The first-order valence-electron chi connectivity index (χ1n) is 12.8. The summed E-state index contributed by atoms with van der Waals surface area (Å²) >= 11 is 0. The highest BCUT2D eigenvalue weighted by Gasteiger charge is 2.58. The van der Waals surface area contributed by atoms with E-state index in [1.165, 1.54) is 57.8 Å². The van der Waals surface area contributed by atoms with E-state index in [1.807, 2.05) is 0 Å². The molecule has 0 spiro atoms. The quantitative estimate of drug-likeness (QED) is 0.718. The molecule has 0 amide bonds. The van der Waals surface area contributed by atoms with Crippen molar-refractivity contribution in [1.82, 2.24) is 4.90 Å². The summed E-state index contributed by atoms with van der Waals surface area (Å²) in [5.74, 6) is 4.99. The van der Waals surface area contributed by atoms with E-state index >= 15 is 0 Å². The number of carbonyl (C=O) groups excluding carboxylic acids is 1. The van der Waals surface area contributed by atoms with Crippen LogP contribution in [0.4, 0.5) is 0 Å². The van der Waals surface area contributed by atoms with Crippen molar-refractivity contribution in [3.8, 4) is 0 Å². The van der Waals surface area contributed by atoms with E-state index in [-0.39, 0.29) is 5.41 Å². The summed E-state index contributed by atoms with van der Waals surface area (Å²) in [6, 6.07) is 0. The van der Waals surface area contributed by atoms with Crippen molar-refractivity contribution in [3.63, 3.8) is 0 Å². The molecular weight excluding hydrogens is 358 g/mol. The van der Waals surface area contributed by atoms with E-state index in [4.69, 9.17) is 0 Å². The minimum absolute atomic E-state index is 0.265. The number of ketones is 1. The van der Waals surface area contributed by atoms with Gasteiger partial charge in [0, 0.05) is 5.92 Å². The fourth-order valence-corrected chi connectivity index (χ4v) is 9.06. The zero-order chi connectivity index (χ0) is 20.2. The molecule has 0 aromatic rings. The van der Waals surface area contributed by atoms with Gasteiger partial charge in [-0.05, 0) is 126 Å². The second kappa shape index (κ2) is 7.62. The van der Waals surface area contributed by atoms with Crippen LogP contribution in [-0.4, -0.2) is 41.0 Å². The Kier molecular flexibility index (Phi) is 5.39. The Hall–Kier alpha value is -0.410. The van der Waals surface area contributed by atoms with Crippen molar-refractivity contribution in [1.29, 1.82) is 0 Å². The van der Waals surface area contributed by atoms with Gasteiger partial charge < -0.3 is 5.11 Å². The van der Waals surface area contributed by atoms with Gasteiger partial charge in [0.25, 0.3) is 0 Å². The third-order valence-electron chi connectivity index (χ3n) is 10.5. The SMILES string of the molecule is C[C@]1(O)CC[C@H]2[C@H](CC[C@@H]3[C@@H]2CC[C@]2(C)[C@@H](C(=O)CN4CCCCC4)CC[C@@H]32)C1. The number of rotatable bonds is 3. The highest BCUT2D eigenvalue weighted by atomic mass is 16.3. The average molecular weight is 402 g/mol. The molecule has 0 unspecified atom stereocenters. The third kappa shape index (κ3) is 3.63. The molecule has 3 heteroatoms. The fourth-order valence-electron chi connectivity index (χ4n) is 9.06. The maximum Gasteiger partial charge on any atom is 0.150 e. The number of aliphatic hydroxyl groups is 1. The first-order valence-corrected chi connectivity index (χ1v) is 12.8. The zero-order valence-corrected chi connectivity index (χ0v) is 18.9. The molecule has 5 aliphatic rings. The summed E-state index contributed by atoms with van der Waals surface area (Å²) in [5.41, 5.74) is -0.155. The minimum Gasteiger partial charge on any atom is -0.390 e. The lowest BCUT2D eigenvalue weighted by atomic mass is 9.49. The van der Waals surface area contributed by atoms with Gasteiger partial charge in [0.05, 0.1) is 12.1 Å². The van der Waals surface area contributed by atoms with E-state index in [9.17, 15) is 9.90 Å². The molecule has 1 N–H and O–H groups in total. The Balaban J connectivity index is 1.28. The minimum atomic E-state index is -0.420. The number of nitrogens with zero attached hydrogens (tertiary/aromatic N) is 1. The largest absolute Gasteiger partial charge is 0.390 e. The third-order valence-corrected chi connectivity index (χ3v) is 10.5. The second-order valence-electron chi connectivity index (χ2n) is 12.2. The molecular formula is C26H43NO2. The summed E-state index contributed by atoms with van der Waals surface area (Å²) in [7, 11) is 0. The standard InChI is InChI=1S/C26H43NO2/c1-25(29)12-10-19-18(16-25)6-7-21-20(19)11-13-26(2)22(21)8-9-23(26)24(28)17-27-14-4-3-5-15-27/h18-23,29H,3-17H2,1-2H3/t18-,19+,20-,21-,22+,23-,25+,26+/m1/s1. The van der Waals surface area contributed by atoms with Gasteiger partial charge in [-0.3, -0.25) is 9.69 Å². The molecule has 5 rings (SSSR count). The normalized spacial score (nSPS) is 50.4. The van der Waals surface area contributed by atoms with Gasteiger partial charge in [-0.2, -0.15) is 0 Å². The number of carbonyl (C=O) groups is 1. The molecule has 8 atom stereocenters. The van der Waals surface area contributed by atoms with Gasteiger partial charge in [0.1, 0.15) is 5.78 Å².